The third-order valence-electron chi connectivity index (χ3n) is 3.81. The Hall–Kier alpha value is -2.34. The zero-order valence-corrected chi connectivity index (χ0v) is 12.7. The van der Waals surface area contributed by atoms with Crippen molar-refractivity contribution >= 4 is 22.9 Å². The van der Waals surface area contributed by atoms with Crippen molar-refractivity contribution in [2.45, 2.75) is 19.8 Å². The molecule has 0 fully saturated rings. The second kappa shape index (κ2) is 6.19. The monoisotopic (exact) mass is 299 g/mol. The second-order valence-electron chi connectivity index (χ2n) is 5.41. The molecule has 22 heavy (non-hydrogen) atoms. The van der Waals surface area contributed by atoms with Crippen molar-refractivity contribution in [2.75, 3.05) is 25.4 Å². The summed E-state index contributed by atoms with van der Waals surface area (Å²) >= 11 is 0. The van der Waals surface area contributed by atoms with E-state index in [2.05, 4.69) is 21.7 Å². The third-order valence-corrected chi connectivity index (χ3v) is 3.81. The molecule has 3 rings (SSSR count). The van der Waals surface area contributed by atoms with Crippen LogP contribution in [-0.4, -0.2) is 34.9 Å². The summed E-state index contributed by atoms with van der Waals surface area (Å²) in [6, 6.07) is 3.96. The van der Waals surface area contributed by atoms with Crippen molar-refractivity contribution < 1.29 is 4.79 Å². The van der Waals surface area contributed by atoms with Crippen molar-refractivity contribution in [1.29, 1.82) is 0 Å². The second-order valence-corrected chi connectivity index (χ2v) is 5.41. The van der Waals surface area contributed by atoms with Gasteiger partial charge in [-0.05, 0) is 37.1 Å². The summed E-state index contributed by atoms with van der Waals surface area (Å²) in [7, 11) is 0. The SMILES string of the molecule is CCCNC(=O)c1nc2c(C3=CCCNC3)cccn2c1N. The number of imidazole rings is 1. The Morgan fingerprint density at radius 1 is 1.55 bits per heavy atom. The van der Waals surface area contributed by atoms with Crippen molar-refractivity contribution in [1.82, 2.24) is 20.0 Å². The molecule has 2 aromatic rings. The summed E-state index contributed by atoms with van der Waals surface area (Å²) in [5, 5.41) is 6.18. The normalized spacial score (nSPS) is 14.9. The molecular formula is C16H21N5O. The molecule has 0 saturated heterocycles. The highest BCUT2D eigenvalue weighted by atomic mass is 16.1. The van der Waals surface area contributed by atoms with Gasteiger partial charge in [0.2, 0.25) is 0 Å². The summed E-state index contributed by atoms with van der Waals surface area (Å²) in [4.78, 5) is 16.7. The van der Waals surface area contributed by atoms with Crippen LogP contribution >= 0.6 is 0 Å². The van der Waals surface area contributed by atoms with Crippen LogP contribution < -0.4 is 16.4 Å². The maximum atomic E-state index is 12.2. The Balaban J connectivity index is 2.05. The van der Waals surface area contributed by atoms with Crippen LogP contribution in [0.1, 0.15) is 35.8 Å². The molecule has 1 aliphatic heterocycles. The van der Waals surface area contributed by atoms with Crippen LogP contribution in [0.5, 0.6) is 0 Å². The molecule has 1 aliphatic rings. The molecule has 6 nitrogen and oxygen atoms in total. The van der Waals surface area contributed by atoms with Crippen LogP contribution in [0.2, 0.25) is 0 Å². The van der Waals surface area contributed by atoms with E-state index in [0.29, 0.717) is 18.1 Å². The van der Waals surface area contributed by atoms with Gasteiger partial charge in [-0.1, -0.05) is 13.0 Å². The highest BCUT2D eigenvalue weighted by molar-refractivity contribution is 5.98. The van der Waals surface area contributed by atoms with Gasteiger partial charge >= 0.3 is 0 Å². The van der Waals surface area contributed by atoms with Gasteiger partial charge in [0.15, 0.2) is 5.69 Å². The first-order chi connectivity index (χ1) is 10.7. The molecule has 0 saturated carbocycles. The quantitative estimate of drug-likeness (QED) is 0.797. The number of aromatic nitrogens is 2. The molecule has 6 heteroatoms. The van der Waals surface area contributed by atoms with E-state index in [1.807, 2.05) is 25.3 Å². The maximum absolute atomic E-state index is 12.2. The number of fused-ring (bicyclic) bond motifs is 1. The number of hydrogen-bond acceptors (Lipinski definition) is 4. The summed E-state index contributed by atoms with van der Waals surface area (Å²) in [6.07, 6.45) is 5.93. The molecule has 1 amide bonds. The molecule has 0 unspecified atom stereocenters. The number of anilines is 1. The molecule has 116 valence electrons. The molecule has 3 heterocycles. The van der Waals surface area contributed by atoms with Crippen molar-refractivity contribution in [3.8, 4) is 0 Å². The van der Waals surface area contributed by atoms with E-state index < -0.39 is 0 Å². The number of hydrogen-bond donors (Lipinski definition) is 3. The fourth-order valence-corrected chi connectivity index (χ4v) is 2.67. The summed E-state index contributed by atoms with van der Waals surface area (Å²) in [5.74, 6) is 0.166. The molecule has 0 spiro atoms. The van der Waals surface area contributed by atoms with Gasteiger partial charge in [-0.25, -0.2) is 4.98 Å². The molecular weight excluding hydrogens is 278 g/mol. The van der Waals surface area contributed by atoms with Crippen molar-refractivity contribution in [3.05, 3.63) is 35.7 Å². The van der Waals surface area contributed by atoms with Gasteiger partial charge in [0, 0.05) is 24.8 Å². The fourth-order valence-electron chi connectivity index (χ4n) is 2.67. The number of amides is 1. The van der Waals surface area contributed by atoms with Gasteiger partial charge in [-0.2, -0.15) is 0 Å². The number of nitrogens with zero attached hydrogens (tertiary/aromatic N) is 2. The molecule has 4 N–H and O–H groups in total. The lowest BCUT2D eigenvalue weighted by molar-refractivity contribution is 0.0950. The Morgan fingerprint density at radius 2 is 2.41 bits per heavy atom. The van der Waals surface area contributed by atoms with E-state index in [1.165, 1.54) is 5.57 Å². The highest BCUT2D eigenvalue weighted by Gasteiger charge is 2.19. The molecule has 0 bridgehead atoms. The summed E-state index contributed by atoms with van der Waals surface area (Å²) < 4.78 is 1.78. The number of carbonyl (C=O) groups excluding carboxylic acids is 1. The molecule has 0 atom stereocenters. The van der Waals surface area contributed by atoms with E-state index >= 15 is 0 Å². The van der Waals surface area contributed by atoms with Crippen molar-refractivity contribution in [2.24, 2.45) is 0 Å². The number of carbonyl (C=O) groups is 1. The van der Waals surface area contributed by atoms with Crippen LogP contribution in [0.4, 0.5) is 5.82 Å². The summed E-state index contributed by atoms with van der Waals surface area (Å²) in [5.41, 5.74) is 9.36. The minimum atomic E-state index is -0.218. The minimum Gasteiger partial charge on any atom is -0.383 e. The lowest BCUT2D eigenvalue weighted by Crippen LogP contribution is -2.25. The molecule has 0 aliphatic carbocycles. The average molecular weight is 299 g/mol. The Morgan fingerprint density at radius 3 is 3.14 bits per heavy atom. The molecule has 0 aromatic carbocycles. The number of rotatable bonds is 4. The Bertz CT molecular complexity index is 731. The standard InChI is InChI=1S/C16H21N5O/c1-2-7-19-16(22)13-14(17)21-9-4-6-12(15(21)20-13)11-5-3-8-18-10-11/h4-6,9,18H,2-3,7-8,10,17H2,1H3,(H,19,22). The van der Waals surface area contributed by atoms with Crippen LogP contribution in [0.3, 0.4) is 0 Å². The minimum absolute atomic E-state index is 0.218. The number of nitrogen functional groups attached to an aromatic ring is 1. The lowest BCUT2D eigenvalue weighted by atomic mass is 10.0. The van der Waals surface area contributed by atoms with Crippen molar-refractivity contribution in [3.63, 3.8) is 0 Å². The van der Waals surface area contributed by atoms with Crippen LogP contribution in [0, 0.1) is 0 Å². The molecule has 2 aromatic heterocycles. The van der Waals surface area contributed by atoms with Gasteiger partial charge in [0.05, 0.1) is 0 Å². The van der Waals surface area contributed by atoms with Gasteiger partial charge in [-0.3, -0.25) is 9.20 Å². The smallest absolute Gasteiger partial charge is 0.273 e. The predicted octanol–water partition coefficient (Wildman–Crippen LogP) is 1.43. The Labute approximate surface area is 129 Å². The van der Waals surface area contributed by atoms with E-state index in [1.54, 1.807) is 4.40 Å². The zero-order valence-electron chi connectivity index (χ0n) is 12.7. The van der Waals surface area contributed by atoms with Crippen LogP contribution in [-0.2, 0) is 0 Å². The maximum Gasteiger partial charge on any atom is 0.273 e. The third kappa shape index (κ3) is 2.57. The molecule has 0 radical (unpaired) electrons. The number of pyridine rings is 1. The highest BCUT2D eigenvalue weighted by Crippen LogP contribution is 2.24. The first kappa shape index (κ1) is 14.6. The Kier molecular flexibility index (Phi) is 4.11. The summed E-state index contributed by atoms with van der Waals surface area (Å²) in [6.45, 7) is 4.43. The lowest BCUT2D eigenvalue weighted by Gasteiger charge is -2.14. The van der Waals surface area contributed by atoms with Gasteiger partial charge < -0.3 is 16.4 Å². The first-order valence-corrected chi connectivity index (χ1v) is 7.67. The predicted molar refractivity (Wildman–Crippen MR) is 87.7 cm³/mol. The largest absolute Gasteiger partial charge is 0.383 e. The fraction of sp³-hybridized carbons (Fsp3) is 0.375. The van der Waals surface area contributed by atoms with E-state index in [4.69, 9.17) is 5.73 Å². The van der Waals surface area contributed by atoms with E-state index in [9.17, 15) is 4.79 Å². The van der Waals surface area contributed by atoms with E-state index in [-0.39, 0.29) is 5.91 Å². The first-order valence-electron chi connectivity index (χ1n) is 7.67. The number of nitrogens with one attached hydrogen (secondary N) is 2. The number of nitrogens with two attached hydrogens (primary N) is 1. The van der Waals surface area contributed by atoms with Crippen LogP contribution in [0.15, 0.2) is 24.4 Å². The van der Waals surface area contributed by atoms with Crippen LogP contribution in [0.25, 0.3) is 11.2 Å². The van der Waals surface area contributed by atoms with Gasteiger partial charge in [0.25, 0.3) is 5.91 Å². The zero-order chi connectivity index (χ0) is 15.5. The van der Waals surface area contributed by atoms with E-state index in [0.717, 1.165) is 37.1 Å². The van der Waals surface area contributed by atoms with Gasteiger partial charge in [-0.15, -0.1) is 0 Å². The van der Waals surface area contributed by atoms with Gasteiger partial charge in [0.1, 0.15) is 11.5 Å². The average Bonchev–Trinajstić information content (AvgIpc) is 2.91. The topological polar surface area (TPSA) is 84.5 Å².